The molecule has 0 saturated carbocycles. The maximum absolute atomic E-state index is 13.4. The number of halogens is 1. The van der Waals surface area contributed by atoms with Crippen molar-refractivity contribution in [1.29, 1.82) is 0 Å². The van der Waals surface area contributed by atoms with Gasteiger partial charge in [0.05, 0.1) is 0 Å². The lowest BCUT2D eigenvalue weighted by atomic mass is 10.1. The van der Waals surface area contributed by atoms with Crippen LogP contribution in [0.2, 0.25) is 0 Å². The molecule has 0 aliphatic carbocycles. The number of anilines is 2. The Bertz CT molecular complexity index is 646. The van der Waals surface area contributed by atoms with Gasteiger partial charge in [-0.1, -0.05) is 18.2 Å². The summed E-state index contributed by atoms with van der Waals surface area (Å²) >= 11 is 1.33. The summed E-state index contributed by atoms with van der Waals surface area (Å²) in [5.74, 6) is 0.163. The van der Waals surface area contributed by atoms with Crippen molar-refractivity contribution >= 4 is 29.0 Å². The van der Waals surface area contributed by atoms with Crippen LogP contribution in [0.1, 0.15) is 12.0 Å². The number of hydrogen-bond acceptors (Lipinski definition) is 3. The molecule has 3 nitrogen and oxygen atoms in total. The second-order valence-electron chi connectivity index (χ2n) is 4.60. The molecule has 0 saturated heterocycles. The maximum Gasteiger partial charge on any atom is 0.225 e. The van der Waals surface area contributed by atoms with Crippen molar-refractivity contribution in [3.05, 3.63) is 53.8 Å². The van der Waals surface area contributed by atoms with E-state index in [0.717, 1.165) is 11.3 Å². The van der Waals surface area contributed by atoms with Crippen molar-refractivity contribution in [2.45, 2.75) is 18.2 Å². The van der Waals surface area contributed by atoms with Gasteiger partial charge in [0, 0.05) is 28.4 Å². The van der Waals surface area contributed by atoms with Gasteiger partial charge in [-0.05, 0) is 36.8 Å². The highest BCUT2D eigenvalue weighted by molar-refractivity contribution is 7.99. The molecule has 3 N–H and O–H groups in total. The molecule has 5 heteroatoms. The number of thioether (sulfide) groups is 1. The SMILES string of the molecule is Cc1c(N)cccc1NC(=O)CCSc1ccccc1F. The van der Waals surface area contributed by atoms with Crippen LogP contribution in [0, 0.1) is 12.7 Å². The third-order valence-corrected chi connectivity index (χ3v) is 4.12. The Balaban J connectivity index is 1.85. The van der Waals surface area contributed by atoms with Gasteiger partial charge in [-0.15, -0.1) is 11.8 Å². The van der Waals surface area contributed by atoms with E-state index in [0.29, 0.717) is 22.8 Å². The average molecular weight is 304 g/mol. The van der Waals surface area contributed by atoms with Crippen LogP contribution in [0.25, 0.3) is 0 Å². The Morgan fingerprint density at radius 3 is 2.76 bits per heavy atom. The first-order chi connectivity index (χ1) is 10.1. The van der Waals surface area contributed by atoms with Crippen LogP contribution >= 0.6 is 11.8 Å². The zero-order valence-corrected chi connectivity index (χ0v) is 12.5. The van der Waals surface area contributed by atoms with Crippen molar-refractivity contribution in [2.75, 3.05) is 16.8 Å². The lowest BCUT2D eigenvalue weighted by molar-refractivity contribution is -0.115. The van der Waals surface area contributed by atoms with E-state index in [9.17, 15) is 9.18 Å². The Morgan fingerprint density at radius 2 is 2.00 bits per heavy atom. The first-order valence-electron chi connectivity index (χ1n) is 6.60. The predicted molar refractivity (Wildman–Crippen MR) is 86.0 cm³/mol. The van der Waals surface area contributed by atoms with E-state index in [4.69, 9.17) is 5.73 Å². The van der Waals surface area contributed by atoms with Crippen LogP contribution in [0.5, 0.6) is 0 Å². The van der Waals surface area contributed by atoms with Crippen molar-refractivity contribution in [3.8, 4) is 0 Å². The van der Waals surface area contributed by atoms with Gasteiger partial charge in [-0.2, -0.15) is 0 Å². The lowest BCUT2D eigenvalue weighted by Crippen LogP contribution is -2.13. The van der Waals surface area contributed by atoms with Gasteiger partial charge in [0.1, 0.15) is 5.82 Å². The molecular weight excluding hydrogens is 287 g/mol. The first kappa shape index (κ1) is 15.4. The smallest absolute Gasteiger partial charge is 0.225 e. The first-order valence-corrected chi connectivity index (χ1v) is 7.59. The number of rotatable bonds is 5. The lowest BCUT2D eigenvalue weighted by Gasteiger charge is -2.10. The number of amides is 1. The summed E-state index contributed by atoms with van der Waals surface area (Å²) < 4.78 is 13.4. The normalized spacial score (nSPS) is 10.4. The minimum atomic E-state index is -0.255. The second kappa shape index (κ2) is 7.13. The summed E-state index contributed by atoms with van der Waals surface area (Å²) in [5, 5.41) is 2.83. The van der Waals surface area contributed by atoms with Gasteiger partial charge in [-0.25, -0.2) is 4.39 Å². The van der Waals surface area contributed by atoms with Crippen molar-refractivity contribution in [1.82, 2.24) is 0 Å². The van der Waals surface area contributed by atoms with Gasteiger partial charge >= 0.3 is 0 Å². The number of nitrogens with two attached hydrogens (primary N) is 1. The molecule has 0 unspecified atom stereocenters. The van der Waals surface area contributed by atoms with Crippen molar-refractivity contribution in [3.63, 3.8) is 0 Å². The fourth-order valence-electron chi connectivity index (χ4n) is 1.82. The van der Waals surface area contributed by atoms with E-state index >= 15 is 0 Å². The highest BCUT2D eigenvalue weighted by atomic mass is 32.2. The minimum absolute atomic E-state index is 0.104. The Hall–Kier alpha value is -2.01. The van der Waals surface area contributed by atoms with Crippen LogP contribution in [0.15, 0.2) is 47.4 Å². The average Bonchev–Trinajstić information content (AvgIpc) is 2.46. The molecule has 0 spiro atoms. The van der Waals surface area contributed by atoms with Gasteiger partial charge in [-0.3, -0.25) is 4.79 Å². The summed E-state index contributed by atoms with van der Waals surface area (Å²) in [6, 6.07) is 12.0. The number of carbonyl (C=O) groups excluding carboxylic acids is 1. The largest absolute Gasteiger partial charge is 0.398 e. The van der Waals surface area contributed by atoms with Crippen LogP contribution in [-0.2, 0) is 4.79 Å². The topological polar surface area (TPSA) is 55.1 Å². The van der Waals surface area contributed by atoms with Crippen LogP contribution in [-0.4, -0.2) is 11.7 Å². The van der Waals surface area contributed by atoms with Gasteiger partial charge in [0.15, 0.2) is 0 Å². The summed E-state index contributed by atoms with van der Waals surface area (Å²) in [6.45, 7) is 1.86. The number of benzene rings is 2. The molecule has 2 rings (SSSR count). The van der Waals surface area contributed by atoms with E-state index in [1.807, 2.05) is 13.0 Å². The second-order valence-corrected chi connectivity index (χ2v) is 5.73. The fraction of sp³-hybridized carbons (Fsp3) is 0.188. The zero-order chi connectivity index (χ0) is 15.2. The molecule has 0 aromatic heterocycles. The summed E-state index contributed by atoms with van der Waals surface area (Å²) in [6.07, 6.45) is 0.313. The third kappa shape index (κ3) is 4.23. The molecule has 0 radical (unpaired) electrons. The number of carbonyl (C=O) groups is 1. The minimum Gasteiger partial charge on any atom is -0.398 e. The van der Waals surface area contributed by atoms with Crippen LogP contribution < -0.4 is 11.1 Å². The summed E-state index contributed by atoms with van der Waals surface area (Å²) in [7, 11) is 0. The summed E-state index contributed by atoms with van der Waals surface area (Å²) in [4.78, 5) is 12.5. The number of hydrogen-bond donors (Lipinski definition) is 2. The van der Waals surface area contributed by atoms with Gasteiger partial charge in [0.25, 0.3) is 0 Å². The quantitative estimate of drug-likeness (QED) is 0.652. The summed E-state index contributed by atoms with van der Waals surface area (Å²) in [5.41, 5.74) is 8.01. The Labute approximate surface area is 127 Å². The molecule has 110 valence electrons. The zero-order valence-electron chi connectivity index (χ0n) is 11.7. The van der Waals surface area contributed by atoms with E-state index in [1.165, 1.54) is 17.8 Å². The molecule has 0 aliphatic heterocycles. The number of nitrogen functional groups attached to an aromatic ring is 1. The monoisotopic (exact) mass is 304 g/mol. The van der Waals surface area contributed by atoms with Crippen molar-refractivity contribution < 1.29 is 9.18 Å². The fourth-order valence-corrected chi connectivity index (χ4v) is 2.71. The molecule has 21 heavy (non-hydrogen) atoms. The van der Waals surface area contributed by atoms with E-state index in [1.54, 1.807) is 30.3 Å². The van der Waals surface area contributed by atoms with Crippen LogP contribution in [0.3, 0.4) is 0 Å². The Kier molecular flexibility index (Phi) is 5.22. The van der Waals surface area contributed by atoms with Crippen LogP contribution in [0.4, 0.5) is 15.8 Å². The number of nitrogens with one attached hydrogen (secondary N) is 1. The van der Waals surface area contributed by atoms with Gasteiger partial charge in [0.2, 0.25) is 5.91 Å². The third-order valence-electron chi connectivity index (χ3n) is 3.07. The van der Waals surface area contributed by atoms with Gasteiger partial charge < -0.3 is 11.1 Å². The highest BCUT2D eigenvalue weighted by Crippen LogP contribution is 2.23. The molecule has 0 fully saturated rings. The molecule has 0 bridgehead atoms. The van der Waals surface area contributed by atoms with E-state index < -0.39 is 0 Å². The highest BCUT2D eigenvalue weighted by Gasteiger charge is 2.07. The molecule has 1 amide bonds. The standard InChI is InChI=1S/C16H17FN2OS/c1-11-13(18)6-4-7-14(11)19-16(20)9-10-21-15-8-3-2-5-12(15)17/h2-8H,9-10,18H2,1H3,(H,19,20). The van der Waals surface area contributed by atoms with E-state index in [-0.39, 0.29) is 11.7 Å². The molecule has 0 heterocycles. The van der Waals surface area contributed by atoms with Crippen molar-refractivity contribution in [2.24, 2.45) is 0 Å². The Morgan fingerprint density at radius 1 is 1.24 bits per heavy atom. The maximum atomic E-state index is 13.4. The molecule has 2 aromatic carbocycles. The molecule has 0 aliphatic rings. The molecule has 2 aromatic rings. The van der Waals surface area contributed by atoms with E-state index in [2.05, 4.69) is 5.32 Å². The molecular formula is C16H17FN2OS. The predicted octanol–water partition coefficient (Wildman–Crippen LogP) is 3.84. The molecule has 0 atom stereocenters.